The molecule has 0 saturated carbocycles. The van der Waals surface area contributed by atoms with E-state index in [1.165, 1.54) is 23.5 Å². The van der Waals surface area contributed by atoms with Crippen molar-refractivity contribution in [2.24, 2.45) is 0 Å². The van der Waals surface area contributed by atoms with Gasteiger partial charge in [-0.15, -0.1) is 0 Å². The number of hydrogen-bond acceptors (Lipinski definition) is 4. The zero-order chi connectivity index (χ0) is 20.0. The van der Waals surface area contributed by atoms with Gasteiger partial charge in [-0.2, -0.15) is 0 Å². The SMILES string of the molecule is COc1ccccc1N(CCOc1ccccc1)S(=O)(=O)c1ccc(F)cc1. The summed E-state index contributed by atoms with van der Waals surface area (Å²) in [7, 11) is -2.48. The number of sulfonamides is 1. The summed E-state index contributed by atoms with van der Waals surface area (Å²) in [5, 5.41) is 0. The van der Waals surface area contributed by atoms with Gasteiger partial charge >= 0.3 is 0 Å². The first-order valence-corrected chi connectivity index (χ1v) is 10.1. The summed E-state index contributed by atoms with van der Waals surface area (Å²) in [6, 6.07) is 20.7. The molecule has 0 saturated heterocycles. The van der Waals surface area contributed by atoms with Gasteiger partial charge in [0.05, 0.1) is 24.2 Å². The van der Waals surface area contributed by atoms with E-state index in [1.54, 1.807) is 36.4 Å². The lowest BCUT2D eigenvalue weighted by Gasteiger charge is -2.26. The fourth-order valence-electron chi connectivity index (χ4n) is 2.70. The minimum atomic E-state index is -3.95. The lowest BCUT2D eigenvalue weighted by Crippen LogP contribution is -2.35. The molecule has 0 aliphatic heterocycles. The summed E-state index contributed by atoms with van der Waals surface area (Å²) in [5.41, 5.74) is 0.381. The van der Waals surface area contributed by atoms with Crippen LogP contribution >= 0.6 is 0 Å². The number of nitrogens with zero attached hydrogens (tertiary/aromatic N) is 1. The Morgan fingerprint density at radius 2 is 1.54 bits per heavy atom. The number of anilines is 1. The van der Waals surface area contributed by atoms with E-state index in [0.29, 0.717) is 17.2 Å². The highest BCUT2D eigenvalue weighted by Gasteiger charge is 2.27. The van der Waals surface area contributed by atoms with Gasteiger partial charge in [0.1, 0.15) is 23.9 Å². The van der Waals surface area contributed by atoms with Gasteiger partial charge in [0, 0.05) is 0 Å². The number of para-hydroxylation sites is 3. The van der Waals surface area contributed by atoms with E-state index in [1.807, 2.05) is 18.2 Å². The minimum Gasteiger partial charge on any atom is -0.495 e. The summed E-state index contributed by atoms with van der Waals surface area (Å²) in [5.74, 6) is 0.546. The lowest BCUT2D eigenvalue weighted by molar-refractivity contribution is 0.328. The monoisotopic (exact) mass is 401 g/mol. The van der Waals surface area contributed by atoms with Crippen LogP contribution in [0.1, 0.15) is 0 Å². The second-order valence-electron chi connectivity index (χ2n) is 5.86. The minimum absolute atomic E-state index is 0.0143. The Kier molecular flexibility index (Phi) is 6.16. The molecule has 0 spiro atoms. The van der Waals surface area contributed by atoms with Crippen LogP contribution in [0.3, 0.4) is 0 Å². The van der Waals surface area contributed by atoms with Crippen LogP contribution in [-0.2, 0) is 10.0 Å². The molecule has 3 aromatic rings. The molecule has 3 aromatic carbocycles. The molecule has 0 N–H and O–H groups in total. The van der Waals surface area contributed by atoms with Crippen LogP contribution in [0, 0.1) is 5.82 Å². The average molecular weight is 401 g/mol. The quantitative estimate of drug-likeness (QED) is 0.570. The van der Waals surface area contributed by atoms with Crippen molar-refractivity contribution in [1.29, 1.82) is 0 Å². The van der Waals surface area contributed by atoms with Gasteiger partial charge in [-0.3, -0.25) is 4.31 Å². The fraction of sp³-hybridized carbons (Fsp3) is 0.143. The largest absolute Gasteiger partial charge is 0.495 e. The van der Waals surface area contributed by atoms with E-state index < -0.39 is 15.8 Å². The fourth-order valence-corrected chi connectivity index (χ4v) is 4.16. The molecule has 5 nitrogen and oxygen atoms in total. The summed E-state index contributed by atoms with van der Waals surface area (Å²) in [6.07, 6.45) is 0. The van der Waals surface area contributed by atoms with Gasteiger partial charge in [0.2, 0.25) is 0 Å². The van der Waals surface area contributed by atoms with E-state index in [0.717, 1.165) is 12.1 Å². The zero-order valence-electron chi connectivity index (χ0n) is 15.3. The molecular formula is C21H20FNO4S. The third-order valence-electron chi connectivity index (χ3n) is 4.06. The third-order valence-corrected chi connectivity index (χ3v) is 5.89. The van der Waals surface area contributed by atoms with Crippen LogP contribution in [0.25, 0.3) is 0 Å². The van der Waals surface area contributed by atoms with Gasteiger partial charge in [-0.1, -0.05) is 30.3 Å². The molecule has 0 unspecified atom stereocenters. The van der Waals surface area contributed by atoms with Crippen molar-refractivity contribution in [3.63, 3.8) is 0 Å². The van der Waals surface area contributed by atoms with E-state index in [4.69, 9.17) is 9.47 Å². The molecule has 0 heterocycles. The summed E-state index contributed by atoms with van der Waals surface area (Å²) < 4.78 is 52.0. The van der Waals surface area contributed by atoms with Crippen LogP contribution < -0.4 is 13.8 Å². The van der Waals surface area contributed by atoms with Crippen molar-refractivity contribution in [3.05, 3.63) is 84.7 Å². The molecule has 0 aromatic heterocycles. The number of halogens is 1. The standard InChI is InChI=1S/C21H20FNO4S/c1-26-21-10-6-5-9-20(21)23(15-16-27-18-7-3-2-4-8-18)28(24,25)19-13-11-17(22)12-14-19/h2-14H,15-16H2,1H3. The number of benzene rings is 3. The van der Waals surface area contributed by atoms with Gasteiger partial charge in [0.15, 0.2) is 0 Å². The van der Waals surface area contributed by atoms with Crippen LogP contribution in [-0.4, -0.2) is 28.7 Å². The predicted molar refractivity (Wildman–Crippen MR) is 106 cm³/mol. The average Bonchev–Trinajstić information content (AvgIpc) is 2.72. The summed E-state index contributed by atoms with van der Waals surface area (Å²) in [6.45, 7) is 0.178. The van der Waals surface area contributed by atoms with Crippen molar-refractivity contribution >= 4 is 15.7 Å². The second-order valence-corrected chi connectivity index (χ2v) is 7.73. The number of rotatable bonds is 8. The van der Waals surface area contributed by atoms with Crippen molar-refractivity contribution in [2.45, 2.75) is 4.90 Å². The molecule has 0 aliphatic carbocycles. The number of methoxy groups -OCH3 is 1. The van der Waals surface area contributed by atoms with E-state index in [2.05, 4.69) is 0 Å². The highest BCUT2D eigenvalue weighted by Crippen LogP contribution is 2.32. The first kappa shape index (κ1) is 19.7. The molecule has 3 rings (SSSR count). The Labute approximate surface area is 164 Å². The van der Waals surface area contributed by atoms with Crippen molar-refractivity contribution in [3.8, 4) is 11.5 Å². The molecule has 28 heavy (non-hydrogen) atoms. The van der Waals surface area contributed by atoms with Crippen molar-refractivity contribution in [1.82, 2.24) is 0 Å². The molecule has 0 fully saturated rings. The van der Waals surface area contributed by atoms with Gasteiger partial charge in [-0.25, -0.2) is 12.8 Å². The smallest absolute Gasteiger partial charge is 0.264 e. The first-order chi connectivity index (χ1) is 13.5. The van der Waals surface area contributed by atoms with E-state index in [9.17, 15) is 12.8 Å². The van der Waals surface area contributed by atoms with Crippen LogP contribution in [0.5, 0.6) is 11.5 Å². The zero-order valence-corrected chi connectivity index (χ0v) is 16.1. The normalized spacial score (nSPS) is 11.1. The molecule has 7 heteroatoms. The van der Waals surface area contributed by atoms with Gasteiger partial charge in [0.25, 0.3) is 10.0 Å². The topological polar surface area (TPSA) is 55.8 Å². The molecular weight excluding hydrogens is 381 g/mol. The maximum Gasteiger partial charge on any atom is 0.264 e. The highest BCUT2D eigenvalue weighted by atomic mass is 32.2. The van der Waals surface area contributed by atoms with Crippen LogP contribution in [0.4, 0.5) is 10.1 Å². The molecule has 0 bridgehead atoms. The predicted octanol–water partition coefficient (Wildman–Crippen LogP) is 4.11. The maximum absolute atomic E-state index is 13.3. The molecule has 146 valence electrons. The van der Waals surface area contributed by atoms with Crippen molar-refractivity contribution in [2.75, 3.05) is 24.6 Å². The lowest BCUT2D eigenvalue weighted by atomic mass is 10.3. The van der Waals surface area contributed by atoms with Crippen molar-refractivity contribution < 1.29 is 22.3 Å². The third kappa shape index (κ3) is 4.43. The molecule has 0 atom stereocenters. The van der Waals surface area contributed by atoms with Gasteiger partial charge in [-0.05, 0) is 48.5 Å². The summed E-state index contributed by atoms with van der Waals surface area (Å²) in [4.78, 5) is -0.0143. The van der Waals surface area contributed by atoms with Crippen LogP contribution in [0.15, 0.2) is 83.8 Å². The maximum atomic E-state index is 13.3. The number of hydrogen-bond donors (Lipinski definition) is 0. The molecule has 0 aliphatic rings. The van der Waals surface area contributed by atoms with Crippen LogP contribution in [0.2, 0.25) is 0 Å². The van der Waals surface area contributed by atoms with E-state index in [-0.39, 0.29) is 18.0 Å². The summed E-state index contributed by atoms with van der Waals surface area (Å²) >= 11 is 0. The second kappa shape index (κ2) is 8.75. The Hall–Kier alpha value is -3.06. The molecule has 0 radical (unpaired) electrons. The molecule has 0 amide bonds. The Morgan fingerprint density at radius 3 is 2.21 bits per heavy atom. The highest BCUT2D eigenvalue weighted by molar-refractivity contribution is 7.92. The van der Waals surface area contributed by atoms with Gasteiger partial charge < -0.3 is 9.47 Å². The Morgan fingerprint density at radius 1 is 0.893 bits per heavy atom. The first-order valence-electron chi connectivity index (χ1n) is 8.61. The Balaban J connectivity index is 1.93. The Bertz CT molecular complexity index is 1010. The van der Waals surface area contributed by atoms with E-state index >= 15 is 0 Å². The number of ether oxygens (including phenoxy) is 2.